The average Bonchev–Trinajstić information content (AvgIpc) is 2.52. The summed E-state index contributed by atoms with van der Waals surface area (Å²) in [5, 5.41) is 6.14. The molecule has 1 aromatic carbocycles. The van der Waals surface area contributed by atoms with Gasteiger partial charge in [0.2, 0.25) is 0 Å². The normalized spacial score (nSPS) is 15.2. The number of hydrogen-bond donors (Lipinski definition) is 1. The minimum atomic E-state index is -0.476. The predicted octanol–water partition coefficient (Wildman–Crippen LogP) is 2.03. The Balaban J connectivity index is 1.76. The molecular formula is C14H13ClF2N4O. The van der Waals surface area contributed by atoms with Gasteiger partial charge in [-0.05, 0) is 12.1 Å². The van der Waals surface area contributed by atoms with Crippen molar-refractivity contribution in [3.05, 3.63) is 51.4 Å². The number of piperazine rings is 1. The highest BCUT2D eigenvalue weighted by Crippen LogP contribution is 2.23. The van der Waals surface area contributed by atoms with Crippen molar-refractivity contribution >= 4 is 23.0 Å². The van der Waals surface area contributed by atoms with Gasteiger partial charge in [0.05, 0.1) is 5.69 Å². The summed E-state index contributed by atoms with van der Waals surface area (Å²) in [7, 11) is 0. The third-order valence-electron chi connectivity index (χ3n) is 3.62. The van der Waals surface area contributed by atoms with Crippen molar-refractivity contribution < 1.29 is 8.78 Å². The van der Waals surface area contributed by atoms with Crippen LogP contribution in [-0.2, 0) is 0 Å². The van der Waals surface area contributed by atoms with Gasteiger partial charge in [0.1, 0.15) is 17.3 Å². The van der Waals surface area contributed by atoms with E-state index in [9.17, 15) is 13.6 Å². The predicted molar refractivity (Wildman–Crippen MR) is 80.7 cm³/mol. The number of halogens is 3. The van der Waals surface area contributed by atoms with Crippen molar-refractivity contribution in [2.75, 3.05) is 36.0 Å². The lowest BCUT2D eigenvalue weighted by Crippen LogP contribution is -2.48. The second-order valence-corrected chi connectivity index (χ2v) is 5.36. The first kappa shape index (κ1) is 14.8. The van der Waals surface area contributed by atoms with Gasteiger partial charge >= 0.3 is 0 Å². The van der Waals surface area contributed by atoms with Gasteiger partial charge in [-0.15, -0.1) is 0 Å². The number of H-pyrrole nitrogens is 1. The lowest BCUT2D eigenvalue weighted by Gasteiger charge is -2.36. The number of benzene rings is 1. The highest BCUT2D eigenvalue weighted by molar-refractivity contribution is 6.29. The van der Waals surface area contributed by atoms with E-state index in [1.807, 2.05) is 4.90 Å². The summed E-state index contributed by atoms with van der Waals surface area (Å²) in [6, 6.07) is 4.89. The van der Waals surface area contributed by atoms with Gasteiger partial charge in [0, 0.05) is 38.3 Å². The highest BCUT2D eigenvalue weighted by Gasteiger charge is 2.22. The van der Waals surface area contributed by atoms with E-state index in [-0.39, 0.29) is 16.4 Å². The molecule has 2 aromatic rings. The van der Waals surface area contributed by atoms with Gasteiger partial charge in [-0.3, -0.25) is 4.79 Å². The lowest BCUT2D eigenvalue weighted by atomic mass is 10.2. The van der Waals surface area contributed by atoms with Crippen LogP contribution < -0.4 is 15.4 Å². The van der Waals surface area contributed by atoms with Crippen LogP contribution in [0.25, 0.3) is 0 Å². The topological polar surface area (TPSA) is 52.2 Å². The molecule has 0 spiro atoms. The van der Waals surface area contributed by atoms with Gasteiger partial charge < -0.3 is 9.80 Å². The fourth-order valence-electron chi connectivity index (χ4n) is 2.52. The largest absolute Gasteiger partial charge is 0.366 e. The third kappa shape index (κ3) is 2.89. The molecular weight excluding hydrogens is 314 g/mol. The minimum absolute atomic E-state index is 0.202. The zero-order valence-electron chi connectivity index (χ0n) is 11.5. The van der Waals surface area contributed by atoms with Crippen LogP contribution in [-0.4, -0.2) is 36.4 Å². The molecule has 1 aromatic heterocycles. The first-order valence-corrected chi connectivity index (χ1v) is 7.12. The molecule has 0 unspecified atom stereocenters. The molecule has 8 heteroatoms. The SMILES string of the molecule is O=c1[nH]nc(Cl)cc1N1CCN(c2cc(F)ccc2F)CC1. The van der Waals surface area contributed by atoms with Crippen LogP contribution in [0.1, 0.15) is 0 Å². The molecule has 22 heavy (non-hydrogen) atoms. The number of aromatic nitrogens is 2. The van der Waals surface area contributed by atoms with Crippen molar-refractivity contribution in [2.24, 2.45) is 0 Å². The number of nitrogens with one attached hydrogen (secondary N) is 1. The summed E-state index contributed by atoms with van der Waals surface area (Å²) < 4.78 is 27.1. The fourth-order valence-corrected chi connectivity index (χ4v) is 2.67. The molecule has 1 aliphatic heterocycles. The van der Waals surface area contributed by atoms with Crippen LogP contribution in [0.5, 0.6) is 0 Å². The molecule has 0 amide bonds. The van der Waals surface area contributed by atoms with Crippen LogP contribution in [0, 0.1) is 11.6 Å². The van der Waals surface area contributed by atoms with Crippen molar-refractivity contribution in [2.45, 2.75) is 0 Å². The number of hydrogen-bond acceptors (Lipinski definition) is 4. The van der Waals surface area contributed by atoms with E-state index in [1.54, 1.807) is 4.90 Å². The van der Waals surface area contributed by atoms with Gasteiger partial charge in [0.15, 0.2) is 5.15 Å². The zero-order valence-corrected chi connectivity index (χ0v) is 12.3. The molecule has 2 heterocycles. The Kier molecular flexibility index (Phi) is 3.98. The highest BCUT2D eigenvalue weighted by atomic mass is 35.5. The molecule has 1 N–H and O–H groups in total. The quantitative estimate of drug-likeness (QED) is 0.917. The van der Waals surface area contributed by atoms with Crippen molar-refractivity contribution in [1.29, 1.82) is 0 Å². The number of rotatable bonds is 2. The number of nitrogens with zero attached hydrogens (tertiary/aromatic N) is 3. The Labute approximate surface area is 130 Å². The second-order valence-electron chi connectivity index (χ2n) is 4.97. The molecule has 0 saturated carbocycles. The van der Waals surface area contributed by atoms with Crippen LogP contribution in [0.2, 0.25) is 5.15 Å². The molecule has 1 saturated heterocycles. The Morgan fingerprint density at radius 3 is 2.36 bits per heavy atom. The van der Waals surface area contributed by atoms with Gasteiger partial charge in [0.25, 0.3) is 5.56 Å². The Hall–Kier alpha value is -2.15. The summed E-state index contributed by atoms with van der Waals surface area (Å²) in [6.07, 6.45) is 0. The van der Waals surface area contributed by atoms with E-state index in [0.717, 1.165) is 12.1 Å². The van der Waals surface area contributed by atoms with Gasteiger partial charge in [-0.2, -0.15) is 5.10 Å². The summed E-state index contributed by atoms with van der Waals surface area (Å²) in [4.78, 5) is 15.4. The van der Waals surface area contributed by atoms with Crippen molar-refractivity contribution in [3.8, 4) is 0 Å². The molecule has 3 rings (SSSR count). The summed E-state index contributed by atoms with van der Waals surface area (Å²) in [6.45, 7) is 1.94. The van der Waals surface area contributed by atoms with E-state index in [2.05, 4.69) is 10.2 Å². The van der Waals surface area contributed by atoms with Crippen LogP contribution >= 0.6 is 11.6 Å². The average molecular weight is 327 g/mol. The standard InChI is InChI=1S/C14H13ClF2N4O/c15-13-8-12(14(22)19-18-13)21-5-3-20(4-6-21)11-7-9(16)1-2-10(11)17/h1-2,7-8H,3-6H2,(H,19,22). The van der Waals surface area contributed by atoms with E-state index >= 15 is 0 Å². The number of anilines is 2. The Morgan fingerprint density at radius 1 is 1.05 bits per heavy atom. The zero-order chi connectivity index (χ0) is 15.7. The number of aromatic amines is 1. The molecule has 0 bridgehead atoms. The van der Waals surface area contributed by atoms with Gasteiger partial charge in [-0.1, -0.05) is 11.6 Å². The van der Waals surface area contributed by atoms with E-state index < -0.39 is 11.6 Å². The first-order valence-electron chi connectivity index (χ1n) is 6.75. The van der Waals surface area contributed by atoms with Crippen LogP contribution in [0.3, 0.4) is 0 Å². The molecule has 1 aliphatic rings. The summed E-state index contributed by atoms with van der Waals surface area (Å²) in [5.41, 5.74) is 0.343. The maximum atomic E-state index is 13.8. The monoisotopic (exact) mass is 326 g/mol. The molecule has 5 nitrogen and oxygen atoms in total. The molecule has 1 fully saturated rings. The first-order chi connectivity index (χ1) is 10.5. The Bertz CT molecular complexity index is 744. The van der Waals surface area contributed by atoms with E-state index in [0.29, 0.717) is 31.9 Å². The second kappa shape index (κ2) is 5.92. The van der Waals surface area contributed by atoms with E-state index in [4.69, 9.17) is 11.6 Å². The molecule has 0 aliphatic carbocycles. The maximum absolute atomic E-state index is 13.8. The van der Waals surface area contributed by atoms with Crippen LogP contribution in [0.15, 0.2) is 29.1 Å². The molecule has 0 radical (unpaired) electrons. The third-order valence-corrected chi connectivity index (χ3v) is 3.82. The minimum Gasteiger partial charge on any atom is -0.366 e. The maximum Gasteiger partial charge on any atom is 0.287 e. The molecule has 116 valence electrons. The summed E-state index contributed by atoms with van der Waals surface area (Å²) in [5.74, 6) is -0.934. The van der Waals surface area contributed by atoms with Crippen molar-refractivity contribution in [1.82, 2.24) is 10.2 Å². The smallest absolute Gasteiger partial charge is 0.287 e. The van der Waals surface area contributed by atoms with Gasteiger partial charge in [-0.25, -0.2) is 13.9 Å². The summed E-state index contributed by atoms with van der Waals surface area (Å²) >= 11 is 5.79. The Morgan fingerprint density at radius 2 is 1.68 bits per heavy atom. The van der Waals surface area contributed by atoms with Crippen molar-refractivity contribution in [3.63, 3.8) is 0 Å². The lowest BCUT2D eigenvalue weighted by molar-refractivity contribution is 0.580. The van der Waals surface area contributed by atoms with Crippen LogP contribution in [0.4, 0.5) is 20.2 Å². The molecule has 0 atom stereocenters. The fraction of sp³-hybridized carbons (Fsp3) is 0.286. The van der Waals surface area contributed by atoms with E-state index in [1.165, 1.54) is 12.1 Å².